The van der Waals surface area contributed by atoms with E-state index in [4.69, 9.17) is 4.42 Å². The van der Waals surface area contributed by atoms with Gasteiger partial charge in [0.25, 0.3) is 0 Å². The lowest BCUT2D eigenvalue weighted by atomic mass is 9.96. The zero-order valence-electron chi connectivity index (χ0n) is 14.6. The number of imidazole rings is 1. The summed E-state index contributed by atoms with van der Waals surface area (Å²) < 4.78 is 7.55. The minimum absolute atomic E-state index is 0.0905. The Morgan fingerprint density at radius 1 is 1.44 bits per heavy atom. The Labute approximate surface area is 148 Å². The number of furan rings is 1. The Hall–Kier alpha value is -2.08. The van der Waals surface area contributed by atoms with Gasteiger partial charge < -0.3 is 14.3 Å². The van der Waals surface area contributed by atoms with E-state index in [1.807, 2.05) is 30.9 Å². The van der Waals surface area contributed by atoms with Crippen molar-refractivity contribution in [2.75, 3.05) is 19.6 Å². The summed E-state index contributed by atoms with van der Waals surface area (Å²) in [5.74, 6) is 1.27. The van der Waals surface area contributed by atoms with E-state index >= 15 is 0 Å². The minimum Gasteiger partial charge on any atom is -0.468 e. The van der Waals surface area contributed by atoms with Gasteiger partial charge in [0.15, 0.2) is 0 Å². The van der Waals surface area contributed by atoms with E-state index in [0.717, 1.165) is 51.3 Å². The van der Waals surface area contributed by atoms with Gasteiger partial charge in [0.05, 0.1) is 25.1 Å². The first-order valence-electron chi connectivity index (χ1n) is 9.21. The summed E-state index contributed by atoms with van der Waals surface area (Å²) in [7, 11) is 0. The van der Waals surface area contributed by atoms with Gasteiger partial charge in [-0.25, -0.2) is 4.98 Å². The molecule has 2 aromatic heterocycles. The maximum Gasteiger partial charge on any atom is 0.224 e. The quantitative estimate of drug-likeness (QED) is 0.838. The van der Waals surface area contributed by atoms with Crippen LogP contribution < -0.4 is 5.32 Å². The van der Waals surface area contributed by atoms with Crippen LogP contribution in [0.1, 0.15) is 31.4 Å². The zero-order chi connectivity index (χ0) is 17.1. The van der Waals surface area contributed by atoms with Crippen LogP contribution in [0.5, 0.6) is 0 Å². The van der Waals surface area contributed by atoms with E-state index < -0.39 is 0 Å². The summed E-state index contributed by atoms with van der Waals surface area (Å²) in [6.45, 7) is 4.37. The number of piperidine rings is 1. The van der Waals surface area contributed by atoms with Crippen LogP contribution in [0.3, 0.4) is 0 Å². The molecule has 6 heteroatoms. The molecule has 0 unspecified atom stereocenters. The molecule has 1 N–H and O–H groups in total. The molecule has 1 atom stereocenters. The first kappa shape index (κ1) is 16.4. The highest BCUT2D eigenvalue weighted by molar-refractivity contribution is 5.79. The van der Waals surface area contributed by atoms with Crippen molar-refractivity contribution in [3.8, 4) is 0 Å². The molecule has 4 rings (SSSR count). The van der Waals surface area contributed by atoms with Crippen LogP contribution in [0, 0.1) is 11.3 Å². The molecule has 134 valence electrons. The van der Waals surface area contributed by atoms with Crippen LogP contribution in [0.4, 0.5) is 0 Å². The van der Waals surface area contributed by atoms with Gasteiger partial charge in [-0.15, -0.1) is 0 Å². The van der Waals surface area contributed by atoms with Gasteiger partial charge in [-0.3, -0.25) is 9.69 Å². The third-order valence-electron chi connectivity index (χ3n) is 5.51. The highest BCUT2D eigenvalue weighted by Gasteiger charge is 2.43. The Balaban J connectivity index is 1.26. The molecule has 1 amide bonds. The van der Waals surface area contributed by atoms with E-state index in [1.54, 1.807) is 6.26 Å². The lowest BCUT2D eigenvalue weighted by molar-refractivity contribution is -0.127. The standard InChI is InChI=1S/C19H26N4O2/c24-18(21-13-19(5-6-19)14-23-9-7-20-15-23)16-3-1-8-22(11-16)12-17-4-2-10-25-17/h2,4,7,9-10,15-16H,1,3,5-6,8,11-14H2,(H,21,24)/t16-/m0/s1. The number of hydrogen-bond acceptors (Lipinski definition) is 4. The molecule has 25 heavy (non-hydrogen) atoms. The summed E-state index contributed by atoms with van der Waals surface area (Å²) in [4.78, 5) is 19.1. The van der Waals surface area contributed by atoms with Crippen molar-refractivity contribution < 1.29 is 9.21 Å². The number of carbonyl (C=O) groups excluding carboxylic acids is 1. The van der Waals surface area contributed by atoms with Crippen molar-refractivity contribution in [2.45, 2.75) is 38.8 Å². The van der Waals surface area contributed by atoms with Gasteiger partial charge in [-0.1, -0.05) is 0 Å². The van der Waals surface area contributed by atoms with E-state index in [-0.39, 0.29) is 17.2 Å². The van der Waals surface area contributed by atoms with Gasteiger partial charge in [0, 0.05) is 37.4 Å². The summed E-state index contributed by atoms with van der Waals surface area (Å²) in [6, 6.07) is 3.91. The third-order valence-corrected chi connectivity index (χ3v) is 5.51. The Bertz CT molecular complexity index is 676. The molecule has 1 saturated heterocycles. The average Bonchev–Trinajstić information content (AvgIpc) is 3.01. The molecule has 0 bridgehead atoms. The molecule has 2 fully saturated rings. The Morgan fingerprint density at radius 3 is 3.08 bits per heavy atom. The second-order valence-corrected chi connectivity index (χ2v) is 7.61. The van der Waals surface area contributed by atoms with Crippen LogP contribution in [0.15, 0.2) is 41.5 Å². The topological polar surface area (TPSA) is 63.3 Å². The second kappa shape index (κ2) is 7.04. The van der Waals surface area contributed by atoms with Gasteiger partial charge in [0.2, 0.25) is 5.91 Å². The predicted molar refractivity (Wildman–Crippen MR) is 93.6 cm³/mol. The van der Waals surface area contributed by atoms with Gasteiger partial charge in [-0.05, 0) is 44.4 Å². The fourth-order valence-electron chi connectivity index (χ4n) is 3.79. The SMILES string of the molecule is O=C(NCC1(Cn2ccnc2)CC1)[C@H]1CCCN(Cc2ccco2)C1. The molecule has 2 aromatic rings. The van der Waals surface area contributed by atoms with Crippen LogP contribution >= 0.6 is 0 Å². The lowest BCUT2D eigenvalue weighted by Crippen LogP contribution is -2.44. The van der Waals surface area contributed by atoms with Crippen LogP contribution in [0.2, 0.25) is 0 Å². The molecule has 0 radical (unpaired) electrons. The molecule has 6 nitrogen and oxygen atoms in total. The van der Waals surface area contributed by atoms with E-state index in [0.29, 0.717) is 0 Å². The molecule has 0 spiro atoms. The monoisotopic (exact) mass is 342 g/mol. The molecule has 0 aromatic carbocycles. The normalized spacial score (nSPS) is 22.6. The summed E-state index contributed by atoms with van der Waals surface area (Å²) >= 11 is 0. The number of aromatic nitrogens is 2. The molecule has 2 aliphatic rings. The highest BCUT2D eigenvalue weighted by Crippen LogP contribution is 2.46. The summed E-state index contributed by atoms with van der Waals surface area (Å²) in [5, 5.41) is 3.22. The maximum absolute atomic E-state index is 12.6. The van der Waals surface area contributed by atoms with Crippen molar-refractivity contribution >= 4 is 5.91 Å². The lowest BCUT2D eigenvalue weighted by Gasteiger charge is -2.31. The number of nitrogens with zero attached hydrogens (tertiary/aromatic N) is 3. The van der Waals surface area contributed by atoms with Crippen LogP contribution in [-0.2, 0) is 17.9 Å². The molecular formula is C19H26N4O2. The van der Waals surface area contributed by atoms with Crippen molar-refractivity contribution in [3.63, 3.8) is 0 Å². The maximum atomic E-state index is 12.6. The third kappa shape index (κ3) is 4.12. The smallest absolute Gasteiger partial charge is 0.224 e. The van der Waals surface area contributed by atoms with E-state index in [2.05, 4.69) is 19.8 Å². The van der Waals surface area contributed by atoms with Crippen molar-refractivity contribution in [2.24, 2.45) is 11.3 Å². The molecule has 3 heterocycles. The number of likely N-dealkylation sites (tertiary alicyclic amines) is 1. The summed E-state index contributed by atoms with van der Waals surface area (Å²) in [5.41, 5.74) is 0.235. The number of hydrogen-bond donors (Lipinski definition) is 1. The molecule has 1 saturated carbocycles. The van der Waals surface area contributed by atoms with Crippen molar-refractivity contribution in [1.29, 1.82) is 0 Å². The first-order valence-corrected chi connectivity index (χ1v) is 9.21. The number of rotatable bonds is 7. The fourth-order valence-corrected chi connectivity index (χ4v) is 3.79. The second-order valence-electron chi connectivity index (χ2n) is 7.61. The summed E-state index contributed by atoms with van der Waals surface area (Å²) in [6.07, 6.45) is 11.8. The number of carbonyl (C=O) groups is 1. The predicted octanol–water partition coefficient (Wildman–Crippen LogP) is 2.28. The van der Waals surface area contributed by atoms with E-state index in [1.165, 1.54) is 12.8 Å². The molecule has 1 aliphatic heterocycles. The average molecular weight is 342 g/mol. The number of amides is 1. The van der Waals surface area contributed by atoms with Gasteiger partial charge in [0.1, 0.15) is 5.76 Å². The zero-order valence-corrected chi connectivity index (χ0v) is 14.6. The first-order chi connectivity index (χ1) is 12.2. The van der Waals surface area contributed by atoms with Gasteiger partial charge in [-0.2, -0.15) is 0 Å². The largest absolute Gasteiger partial charge is 0.468 e. The molecular weight excluding hydrogens is 316 g/mol. The van der Waals surface area contributed by atoms with Gasteiger partial charge >= 0.3 is 0 Å². The minimum atomic E-state index is 0.0905. The molecule has 1 aliphatic carbocycles. The van der Waals surface area contributed by atoms with Crippen molar-refractivity contribution in [1.82, 2.24) is 19.8 Å². The van der Waals surface area contributed by atoms with Crippen molar-refractivity contribution in [3.05, 3.63) is 42.9 Å². The van der Waals surface area contributed by atoms with Crippen LogP contribution in [-0.4, -0.2) is 40.0 Å². The van der Waals surface area contributed by atoms with Crippen LogP contribution in [0.25, 0.3) is 0 Å². The highest BCUT2D eigenvalue weighted by atomic mass is 16.3. The fraction of sp³-hybridized carbons (Fsp3) is 0.579. The number of nitrogens with one attached hydrogen (secondary N) is 1. The Kier molecular flexibility index (Phi) is 4.61. The van der Waals surface area contributed by atoms with E-state index in [9.17, 15) is 4.79 Å². The Morgan fingerprint density at radius 2 is 2.36 bits per heavy atom.